The number of pyridine rings is 2. The molecule has 1 aliphatic rings. The van der Waals surface area contributed by atoms with E-state index >= 15 is 0 Å². The third-order valence-electron chi connectivity index (χ3n) is 3.24. The van der Waals surface area contributed by atoms with Crippen LogP contribution in [0.25, 0.3) is 11.0 Å². The van der Waals surface area contributed by atoms with Crippen LogP contribution in [0, 0.1) is 0 Å². The van der Waals surface area contributed by atoms with Gasteiger partial charge in [-0.05, 0) is 30.5 Å². The van der Waals surface area contributed by atoms with Gasteiger partial charge in [-0.3, -0.25) is 9.78 Å². The summed E-state index contributed by atoms with van der Waals surface area (Å²) in [5, 5.41) is 9.04. The van der Waals surface area contributed by atoms with Crippen LogP contribution in [0.4, 0.5) is 0 Å². The van der Waals surface area contributed by atoms with E-state index in [2.05, 4.69) is 9.97 Å². The normalized spacial score (nSPS) is 17.0. The van der Waals surface area contributed by atoms with Crippen molar-refractivity contribution >= 4 is 11.0 Å². The van der Waals surface area contributed by atoms with Crippen LogP contribution in [0.1, 0.15) is 51.3 Å². The van der Waals surface area contributed by atoms with E-state index in [9.17, 15) is 4.79 Å². The molecule has 5 nitrogen and oxygen atoms in total. The van der Waals surface area contributed by atoms with E-state index in [1.54, 1.807) is 18.3 Å². The maximum atomic E-state index is 12.0. The Balaban J connectivity index is 0.000000706. The lowest BCUT2D eigenvalue weighted by Crippen LogP contribution is -2.16. The Morgan fingerprint density at radius 3 is 2.81 bits per heavy atom. The smallest absolute Gasteiger partial charge is 0.254 e. The molecule has 1 aliphatic heterocycles. The minimum absolute atomic E-state index is 0. The molecule has 2 aromatic heterocycles. The van der Waals surface area contributed by atoms with Crippen molar-refractivity contribution in [2.24, 2.45) is 0 Å². The van der Waals surface area contributed by atoms with Crippen LogP contribution in [-0.4, -0.2) is 21.7 Å². The molecule has 1 unspecified atom stereocenters. The summed E-state index contributed by atoms with van der Waals surface area (Å²) < 4.78 is 5.53. The summed E-state index contributed by atoms with van der Waals surface area (Å²) in [5.74, 6) is 0. The lowest BCUT2D eigenvalue weighted by Gasteiger charge is -2.09. The molecule has 3 heterocycles. The van der Waals surface area contributed by atoms with Crippen molar-refractivity contribution in [3.05, 3.63) is 39.8 Å². The third kappa shape index (κ3) is 3.68. The molecule has 3 rings (SSSR count). The summed E-state index contributed by atoms with van der Waals surface area (Å²) in [5.41, 5.74) is 2.56. The van der Waals surface area contributed by atoms with Crippen LogP contribution in [0.5, 0.6) is 0 Å². The number of fused-ring (bicyclic) bond motifs is 1. The molecule has 116 valence electrons. The lowest BCUT2D eigenvalue weighted by molar-refractivity contribution is 0.111. The number of hydrogen-bond donors (Lipinski definition) is 2. The van der Waals surface area contributed by atoms with Gasteiger partial charge in [0.2, 0.25) is 0 Å². The second kappa shape index (κ2) is 7.90. The molecule has 1 fully saturated rings. The zero-order valence-corrected chi connectivity index (χ0v) is 11.8. The van der Waals surface area contributed by atoms with E-state index in [0.717, 1.165) is 18.4 Å². The molecular weight excluding hydrogens is 268 g/mol. The topological polar surface area (TPSA) is 75.2 Å². The van der Waals surface area contributed by atoms with Crippen LogP contribution in [-0.2, 0) is 11.3 Å². The summed E-state index contributed by atoms with van der Waals surface area (Å²) in [6.07, 6.45) is 3.36. The maximum absolute atomic E-state index is 12.0. The van der Waals surface area contributed by atoms with Crippen molar-refractivity contribution in [2.45, 2.75) is 46.8 Å². The average Bonchev–Trinajstić information content (AvgIpc) is 3.02. The molecule has 5 heteroatoms. The summed E-state index contributed by atoms with van der Waals surface area (Å²) in [6.45, 7) is 4.62. The molecule has 1 atom stereocenters. The van der Waals surface area contributed by atoms with Crippen molar-refractivity contribution < 1.29 is 9.84 Å². The zero-order valence-electron chi connectivity index (χ0n) is 11.8. The predicted molar refractivity (Wildman–Crippen MR) is 84.3 cm³/mol. The van der Waals surface area contributed by atoms with Crippen molar-refractivity contribution in [3.8, 4) is 0 Å². The van der Waals surface area contributed by atoms with Crippen molar-refractivity contribution in [3.63, 3.8) is 0 Å². The number of H-pyrrole nitrogens is 1. The van der Waals surface area contributed by atoms with Gasteiger partial charge in [-0.25, -0.2) is 0 Å². The Labute approximate surface area is 125 Å². The highest BCUT2D eigenvalue weighted by atomic mass is 16.5. The number of aliphatic hydroxyl groups is 1. The number of hydrogen-bond acceptors (Lipinski definition) is 4. The third-order valence-corrected chi connectivity index (χ3v) is 3.24. The maximum Gasteiger partial charge on any atom is 0.254 e. The minimum Gasteiger partial charge on any atom is -0.392 e. The van der Waals surface area contributed by atoms with E-state index < -0.39 is 0 Å². The number of aromatic nitrogens is 2. The second-order valence-electron chi connectivity index (χ2n) is 4.49. The van der Waals surface area contributed by atoms with Crippen LogP contribution >= 0.6 is 0 Å². The van der Waals surface area contributed by atoms with Gasteiger partial charge in [0.05, 0.1) is 23.7 Å². The Bertz CT molecular complexity index is 631. The molecule has 0 saturated carbocycles. The molecule has 0 bridgehead atoms. The largest absolute Gasteiger partial charge is 0.392 e. The fraction of sp³-hybridized carbons (Fsp3) is 0.500. The van der Waals surface area contributed by atoms with Gasteiger partial charge >= 0.3 is 0 Å². The standard InChI is InChI=1S/C13H14N2O3.C2H6.CH4/c16-7-8-4-11-10(14-6-8)5-9(13(17)15-11)12-2-1-3-18-12;1-2;/h4-6,12,16H,1-3,7H2,(H,15,17);1-2H3;1H4. The molecular formula is C16H24N2O3. The Kier molecular flexibility index (Phi) is 6.52. The highest BCUT2D eigenvalue weighted by Crippen LogP contribution is 2.27. The lowest BCUT2D eigenvalue weighted by atomic mass is 10.1. The molecule has 21 heavy (non-hydrogen) atoms. The Morgan fingerprint density at radius 2 is 2.19 bits per heavy atom. The van der Waals surface area contributed by atoms with E-state index in [4.69, 9.17) is 9.84 Å². The van der Waals surface area contributed by atoms with Gasteiger partial charge in [0, 0.05) is 18.4 Å². The number of rotatable bonds is 2. The molecule has 0 radical (unpaired) electrons. The van der Waals surface area contributed by atoms with Gasteiger partial charge in [0.15, 0.2) is 0 Å². The average molecular weight is 292 g/mol. The minimum atomic E-state index is -0.133. The molecule has 0 amide bonds. The van der Waals surface area contributed by atoms with E-state index in [-0.39, 0.29) is 25.7 Å². The van der Waals surface area contributed by atoms with Gasteiger partial charge in [-0.2, -0.15) is 0 Å². The number of aliphatic hydroxyl groups excluding tert-OH is 1. The van der Waals surface area contributed by atoms with Crippen LogP contribution in [0.3, 0.4) is 0 Å². The molecule has 1 saturated heterocycles. The summed E-state index contributed by atoms with van der Waals surface area (Å²) in [6, 6.07) is 3.52. The van der Waals surface area contributed by atoms with Gasteiger partial charge in [-0.1, -0.05) is 21.3 Å². The Hall–Kier alpha value is -1.72. The quantitative estimate of drug-likeness (QED) is 0.892. The Morgan fingerprint density at radius 1 is 1.43 bits per heavy atom. The van der Waals surface area contributed by atoms with Crippen LogP contribution in [0.2, 0.25) is 0 Å². The first-order chi connectivity index (χ1) is 9.78. The van der Waals surface area contributed by atoms with Crippen LogP contribution < -0.4 is 5.56 Å². The summed E-state index contributed by atoms with van der Waals surface area (Å²) in [4.78, 5) is 19.0. The van der Waals surface area contributed by atoms with Crippen molar-refractivity contribution in [1.29, 1.82) is 0 Å². The number of nitrogens with one attached hydrogen (secondary N) is 1. The molecule has 2 N–H and O–H groups in total. The van der Waals surface area contributed by atoms with Crippen molar-refractivity contribution in [2.75, 3.05) is 6.61 Å². The predicted octanol–water partition coefficient (Wildman–Crippen LogP) is 2.93. The fourth-order valence-corrected chi connectivity index (χ4v) is 2.29. The van der Waals surface area contributed by atoms with E-state index in [0.29, 0.717) is 23.3 Å². The van der Waals surface area contributed by atoms with Gasteiger partial charge in [0.25, 0.3) is 5.56 Å². The molecule has 0 aliphatic carbocycles. The first kappa shape index (κ1) is 17.3. The van der Waals surface area contributed by atoms with Gasteiger partial charge in [0.1, 0.15) is 0 Å². The van der Waals surface area contributed by atoms with Gasteiger partial charge in [-0.15, -0.1) is 0 Å². The van der Waals surface area contributed by atoms with E-state index in [1.807, 2.05) is 13.8 Å². The van der Waals surface area contributed by atoms with Gasteiger partial charge < -0.3 is 14.8 Å². The summed E-state index contributed by atoms with van der Waals surface area (Å²) in [7, 11) is 0. The zero-order chi connectivity index (χ0) is 14.5. The first-order valence-corrected chi connectivity index (χ1v) is 7.02. The second-order valence-corrected chi connectivity index (χ2v) is 4.49. The molecule has 0 aromatic carbocycles. The van der Waals surface area contributed by atoms with E-state index in [1.165, 1.54) is 0 Å². The van der Waals surface area contributed by atoms with Crippen molar-refractivity contribution in [1.82, 2.24) is 9.97 Å². The monoisotopic (exact) mass is 292 g/mol. The van der Waals surface area contributed by atoms with Crippen LogP contribution in [0.15, 0.2) is 23.1 Å². The first-order valence-electron chi connectivity index (χ1n) is 7.02. The highest BCUT2D eigenvalue weighted by Gasteiger charge is 2.21. The molecule has 0 spiro atoms. The fourth-order valence-electron chi connectivity index (χ4n) is 2.29. The number of nitrogens with zero attached hydrogens (tertiary/aromatic N) is 1. The summed E-state index contributed by atoms with van der Waals surface area (Å²) >= 11 is 0. The SMILES string of the molecule is C.CC.O=c1[nH]c2cc(CO)cnc2cc1C1CCCO1. The number of aromatic amines is 1. The molecule has 2 aromatic rings. The number of ether oxygens (including phenoxy) is 1. The highest BCUT2D eigenvalue weighted by molar-refractivity contribution is 5.74.